The molecule has 2 N–H and O–H groups in total. The van der Waals surface area contributed by atoms with Crippen molar-refractivity contribution in [2.75, 3.05) is 6.61 Å². The molecule has 4 aliphatic carbocycles. The van der Waals surface area contributed by atoms with Crippen LogP contribution in [0.1, 0.15) is 64.9 Å². The van der Waals surface area contributed by atoms with Gasteiger partial charge in [0.1, 0.15) is 12.3 Å². The molecule has 9 atom stereocenters. The van der Waals surface area contributed by atoms with Gasteiger partial charge in [-0.3, -0.25) is 9.59 Å². The second-order valence-corrected chi connectivity index (χ2v) is 12.2. The Balaban J connectivity index is 1.45. The third-order valence-electron chi connectivity index (χ3n) is 10.8. The highest BCUT2D eigenvalue weighted by atomic mass is 19.1. The van der Waals surface area contributed by atoms with Gasteiger partial charge in [-0.05, 0) is 51.0 Å². The maximum atomic E-state index is 17.4. The lowest BCUT2D eigenvalue weighted by molar-refractivity contribution is -0.258. The van der Waals surface area contributed by atoms with E-state index < -0.39 is 58.4 Å². The van der Waals surface area contributed by atoms with Gasteiger partial charge in [-0.15, -0.1) is 0 Å². The second kappa shape index (κ2) is 7.56. The van der Waals surface area contributed by atoms with Crippen molar-refractivity contribution in [2.24, 2.45) is 22.7 Å². The molecule has 7 heteroatoms. The summed E-state index contributed by atoms with van der Waals surface area (Å²) in [7, 11) is 0. The highest BCUT2D eigenvalue weighted by Gasteiger charge is 2.80. The van der Waals surface area contributed by atoms with Crippen molar-refractivity contribution in [1.29, 1.82) is 0 Å². The summed E-state index contributed by atoms with van der Waals surface area (Å²) >= 11 is 0. The standard InChI is InChI=1S/C29H35FO6/c1-25-12-11-19(32)13-18(25)9-10-20-21-14-24-29(23(34)16-31,26(21,2)15-22(33)28(20,25)30)36-27(3,35-24)17-7-5-4-6-8-17/h4-8,13,20-22,24,31,33H,9-12,14-16H2,1-3H3. The van der Waals surface area contributed by atoms with E-state index in [1.807, 2.05) is 44.2 Å². The van der Waals surface area contributed by atoms with Crippen molar-refractivity contribution in [3.63, 3.8) is 0 Å². The fourth-order valence-corrected chi connectivity index (χ4v) is 9.00. The van der Waals surface area contributed by atoms with Crippen LogP contribution in [0, 0.1) is 22.7 Å². The number of Topliss-reactive ketones (excluding diaryl/α,β-unsaturated/α-hetero) is 1. The molecule has 0 amide bonds. The third-order valence-corrected chi connectivity index (χ3v) is 10.8. The largest absolute Gasteiger partial charge is 0.390 e. The second-order valence-electron chi connectivity index (χ2n) is 12.2. The number of benzene rings is 1. The molecule has 4 fully saturated rings. The van der Waals surface area contributed by atoms with Gasteiger partial charge in [0, 0.05) is 28.7 Å². The molecule has 5 aliphatic rings. The first-order valence-corrected chi connectivity index (χ1v) is 13.1. The number of halogens is 1. The maximum Gasteiger partial charge on any atom is 0.193 e. The van der Waals surface area contributed by atoms with Gasteiger partial charge >= 0.3 is 0 Å². The molecule has 0 aromatic heterocycles. The summed E-state index contributed by atoms with van der Waals surface area (Å²) < 4.78 is 30.6. The molecule has 1 aromatic carbocycles. The molecule has 6 rings (SSSR count). The van der Waals surface area contributed by atoms with Gasteiger partial charge in [0.2, 0.25) is 0 Å². The van der Waals surface area contributed by atoms with E-state index >= 15 is 4.39 Å². The average molecular weight is 499 g/mol. The van der Waals surface area contributed by atoms with Crippen LogP contribution in [0.2, 0.25) is 0 Å². The smallest absolute Gasteiger partial charge is 0.193 e. The summed E-state index contributed by atoms with van der Waals surface area (Å²) in [5, 5.41) is 21.7. The number of hydrogen-bond donors (Lipinski definition) is 2. The Morgan fingerprint density at radius 3 is 2.56 bits per heavy atom. The summed E-state index contributed by atoms with van der Waals surface area (Å²) in [6, 6.07) is 9.38. The molecule has 0 spiro atoms. The van der Waals surface area contributed by atoms with E-state index in [1.165, 1.54) is 0 Å². The molecule has 6 nitrogen and oxygen atoms in total. The van der Waals surface area contributed by atoms with Crippen LogP contribution in [-0.2, 0) is 24.8 Å². The van der Waals surface area contributed by atoms with E-state index in [-0.39, 0.29) is 24.5 Å². The molecule has 194 valence electrons. The lowest BCUT2D eigenvalue weighted by atomic mass is 9.44. The van der Waals surface area contributed by atoms with Crippen LogP contribution in [0.25, 0.3) is 0 Å². The van der Waals surface area contributed by atoms with Gasteiger partial charge in [0.25, 0.3) is 0 Å². The minimum atomic E-state index is -1.92. The SMILES string of the molecule is CC1(c2ccccc2)OC2CC3C4CCC5=CC(=O)CCC5(C)C4(F)C(O)CC3(C)C2(C(=O)CO)O1. The Morgan fingerprint density at radius 2 is 1.86 bits per heavy atom. The van der Waals surface area contributed by atoms with Crippen LogP contribution in [0.4, 0.5) is 4.39 Å². The Kier molecular flexibility index (Phi) is 5.13. The third kappa shape index (κ3) is 2.70. The first kappa shape index (κ1) is 24.4. The molecule has 1 aromatic rings. The summed E-state index contributed by atoms with van der Waals surface area (Å²) in [4.78, 5) is 25.7. The fourth-order valence-electron chi connectivity index (χ4n) is 9.00. The van der Waals surface area contributed by atoms with Crippen molar-refractivity contribution < 1.29 is 33.7 Å². The van der Waals surface area contributed by atoms with E-state index in [4.69, 9.17) is 9.47 Å². The molecule has 3 saturated carbocycles. The summed E-state index contributed by atoms with van der Waals surface area (Å²) in [6.45, 7) is 4.82. The zero-order chi connectivity index (χ0) is 25.7. The molecular formula is C29H35FO6. The first-order chi connectivity index (χ1) is 17.0. The predicted molar refractivity (Wildman–Crippen MR) is 128 cm³/mol. The molecule has 36 heavy (non-hydrogen) atoms. The quantitative estimate of drug-likeness (QED) is 0.659. The zero-order valence-corrected chi connectivity index (χ0v) is 21.1. The van der Waals surface area contributed by atoms with Gasteiger partial charge in [0.05, 0.1) is 12.2 Å². The minimum Gasteiger partial charge on any atom is -0.390 e. The first-order valence-electron chi connectivity index (χ1n) is 13.1. The minimum absolute atomic E-state index is 0.0119. The summed E-state index contributed by atoms with van der Waals surface area (Å²) in [5.74, 6) is -2.49. The van der Waals surface area contributed by atoms with Crippen molar-refractivity contribution in [3.05, 3.63) is 47.5 Å². The highest BCUT2D eigenvalue weighted by molar-refractivity contribution is 5.92. The molecular weight excluding hydrogens is 463 g/mol. The fraction of sp³-hybridized carbons (Fsp3) is 0.655. The van der Waals surface area contributed by atoms with Crippen LogP contribution in [-0.4, -0.2) is 51.9 Å². The van der Waals surface area contributed by atoms with E-state index in [0.29, 0.717) is 25.7 Å². The van der Waals surface area contributed by atoms with Crippen LogP contribution >= 0.6 is 0 Å². The van der Waals surface area contributed by atoms with Crippen LogP contribution in [0.15, 0.2) is 42.0 Å². The number of aliphatic hydroxyl groups is 2. The van der Waals surface area contributed by atoms with Gasteiger partial charge in [0.15, 0.2) is 23.0 Å². The number of alkyl halides is 1. The number of rotatable bonds is 3. The Bertz CT molecular complexity index is 1150. The number of aliphatic hydroxyl groups excluding tert-OH is 2. The maximum absolute atomic E-state index is 17.4. The summed E-state index contributed by atoms with van der Waals surface area (Å²) in [6.07, 6.45) is 1.70. The average Bonchev–Trinajstić information content (AvgIpc) is 3.29. The normalized spacial score (nSPS) is 49.5. The monoisotopic (exact) mass is 498 g/mol. The number of fused-ring (bicyclic) bond motifs is 7. The molecule has 0 radical (unpaired) electrons. The molecule has 1 saturated heterocycles. The van der Waals surface area contributed by atoms with Crippen LogP contribution in [0.5, 0.6) is 0 Å². The highest BCUT2D eigenvalue weighted by Crippen LogP contribution is 2.73. The van der Waals surface area contributed by atoms with Gasteiger partial charge in [-0.2, -0.15) is 0 Å². The van der Waals surface area contributed by atoms with Gasteiger partial charge in [-0.25, -0.2) is 4.39 Å². The molecule has 0 bridgehead atoms. The number of ether oxygens (including phenoxy) is 2. The van der Waals surface area contributed by atoms with E-state index in [2.05, 4.69) is 0 Å². The molecule has 1 aliphatic heterocycles. The van der Waals surface area contributed by atoms with Crippen molar-refractivity contribution in [3.8, 4) is 0 Å². The lowest BCUT2D eigenvalue weighted by Gasteiger charge is -2.63. The predicted octanol–water partition coefficient (Wildman–Crippen LogP) is 3.78. The Labute approximate surface area is 210 Å². The van der Waals surface area contributed by atoms with Gasteiger partial charge in [-0.1, -0.05) is 49.8 Å². The van der Waals surface area contributed by atoms with Crippen molar-refractivity contribution in [1.82, 2.24) is 0 Å². The lowest BCUT2D eigenvalue weighted by Crippen LogP contribution is -2.70. The molecule has 1 heterocycles. The number of allylic oxidation sites excluding steroid dienone is 1. The van der Waals surface area contributed by atoms with Crippen LogP contribution in [0.3, 0.4) is 0 Å². The molecule has 9 unspecified atom stereocenters. The van der Waals surface area contributed by atoms with Crippen molar-refractivity contribution >= 4 is 11.6 Å². The number of carbonyl (C=O) groups is 2. The van der Waals surface area contributed by atoms with E-state index in [0.717, 1.165) is 11.1 Å². The van der Waals surface area contributed by atoms with Crippen LogP contribution < -0.4 is 0 Å². The van der Waals surface area contributed by atoms with Gasteiger partial charge < -0.3 is 19.7 Å². The summed E-state index contributed by atoms with van der Waals surface area (Å²) in [5.41, 5.74) is -3.75. The Morgan fingerprint density at radius 1 is 1.14 bits per heavy atom. The van der Waals surface area contributed by atoms with E-state index in [9.17, 15) is 19.8 Å². The van der Waals surface area contributed by atoms with Crippen molar-refractivity contribution in [2.45, 2.75) is 88.6 Å². The topological polar surface area (TPSA) is 93.1 Å². The Hall–Kier alpha value is -1.93. The number of ketones is 2. The number of carbonyl (C=O) groups excluding carboxylic acids is 2. The van der Waals surface area contributed by atoms with E-state index in [1.54, 1.807) is 13.0 Å². The number of hydrogen-bond acceptors (Lipinski definition) is 6. The zero-order valence-electron chi connectivity index (χ0n) is 21.1.